The molecule has 8 heteroatoms. The van der Waals surface area contributed by atoms with Crippen LogP contribution < -0.4 is 10.6 Å². The summed E-state index contributed by atoms with van der Waals surface area (Å²) in [5.74, 6) is -1.31. The van der Waals surface area contributed by atoms with Gasteiger partial charge in [0.2, 0.25) is 18.2 Å². The molecule has 0 bridgehead atoms. The van der Waals surface area contributed by atoms with E-state index in [1.807, 2.05) is 58.0 Å². The van der Waals surface area contributed by atoms with E-state index in [1.165, 1.54) is 0 Å². The topological polar surface area (TPSA) is 108 Å². The predicted octanol–water partition coefficient (Wildman–Crippen LogP) is 2.93. The zero-order valence-electron chi connectivity index (χ0n) is 20.8. The monoisotopic (exact) mass is 463 g/mol. The third-order valence-corrected chi connectivity index (χ3v) is 5.83. The second-order valence-electron chi connectivity index (χ2n) is 9.71. The first kappa shape index (κ1) is 28.6. The van der Waals surface area contributed by atoms with Crippen LogP contribution in [0.25, 0.3) is 0 Å². The summed E-state index contributed by atoms with van der Waals surface area (Å²) in [4.78, 5) is 37.4. The van der Waals surface area contributed by atoms with Gasteiger partial charge in [-0.3, -0.25) is 19.6 Å². The third-order valence-electron chi connectivity index (χ3n) is 5.83. The molecule has 1 unspecified atom stereocenters. The Balaban J connectivity index is 2.94. The first-order chi connectivity index (χ1) is 15.5. The van der Waals surface area contributed by atoms with Crippen molar-refractivity contribution in [1.82, 2.24) is 15.7 Å². The van der Waals surface area contributed by atoms with Gasteiger partial charge in [0.25, 0.3) is 0 Å². The molecule has 0 saturated heterocycles. The molecule has 4 atom stereocenters. The highest BCUT2D eigenvalue weighted by atomic mass is 16.5. The minimum atomic E-state index is -0.776. The number of hydrogen-bond acceptors (Lipinski definition) is 5. The maximum absolute atomic E-state index is 13.3. The first-order valence-corrected chi connectivity index (χ1v) is 11.6. The molecule has 1 aromatic carbocycles. The van der Waals surface area contributed by atoms with Crippen LogP contribution in [0.1, 0.15) is 59.4 Å². The largest absolute Gasteiger partial charge is 0.385 e. The lowest BCUT2D eigenvalue weighted by atomic mass is 9.84. The summed E-state index contributed by atoms with van der Waals surface area (Å²) in [5, 5.41) is 16.3. The number of ether oxygens (including phenoxy) is 1. The molecule has 0 aliphatic carbocycles. The van der Waals surface area contributed by atoms with E-state index in [4.69, 9.17) is 4.74 Å². The predicted molar refractivity (Wildman–Crippen MR) is 128 cm³/mol. The number of amides is 3. The van der Waals surface area contributed by atoms with Crippen LogP contribution in [0.5, 0.6) is 0 Å². The van der Waals surface area contributed by atoms with E-state index in [1.54, 1.807) is 14.0 Å². The number of methoxy groups -OCH3 is 1. The molecule has 0 heterocycles. The Hall–Kier alpha value is -2.45. The molecule has 0 spiro atoms. The van der Waals surface area contributed by atoms with Gasteiger partial charge in [-0.25, -0.2) is 5.06 Å². The number of hydroxylamine groups is 2. The number of carbonyl (C=O) groups excluding carboxylic acids is 3. The molecule has 3 N–H and O–H groups in total. The normalized spacial score (nSPS) is 15.1. The molecule has 33 heavy (non-hydrogen) atoms. The summed E-state index contributed by atoms with van der Waals surface area (Å²) in [7, 11) is 1.61. The van der Waals surface area contributed by atoms with Crippen molar-refractivity contribution in [2.75, 3.05) is 13.7 Å². The van der Waals surface area contributed by atoms with Crippen LogP contribution in [-0.4, -0.2) is 60.3 Å². The van der Waals surface area contributed by atoms with Gasteiger partial charge in [-0.2, -0.15) is 0 Å². The van der Waals surface area contributed by atoms with Gasteiger partial charge in [0.1, 0.15) is 6.04 Å². The van der Waals surface area contributed by atoms with Gasteiger partial charge in [-0.15, -0.1) is 0 Å². The van der Waals surface area contributed by atoms with Crippen molar-refractivity contribution in [3.8, 4) is 0 Å². The highest BCUT2D eigenvalue weighted by Crippen LogP contribution is 2.23. The highest BCUT2D eigenvalue weighted by molar-refractivity contribution is 5.89. The average Bonchev–Trinajstić information content (AvgIpc) is 2.77. The second kappa shape index (κ2) is 14.0. The molecular formula is C25H41N3O5. The molecule has 8 nitrogen and oxygen atoms in total. The second-order valence-corrected chi connectivity index (χ2v) is 9.71. The van der Waals surface area contributed by atoms with Crippen LogP contribution in [0.3, 0.4) is 0 Å². The van der Waals surface area contributed by atoms with Crippen LogP contribution >= 0.6 is 0 Å². The lowest BCUT2D eigenvalue weighted by Crippen LogP contribution is -2.57. The summed E-state index contributed by atoms with van der Waals surface area (Å²) in [6, 6.07) is 8.30. The summed E-state index contributed by atoms with van der Waals surface area (Å²) >= 11 is 0. The standard InChI is InChI=1S/C25H41N3O5/c1-18(15-16-33-6)26-24(31)22(25(3,4)5)27-23(30)21(19(2)28(32)17-29)14-10-13-20-11-8-7-9-12-20/h7-9,11-12,17-19,21-22,32H,10,13-16H2,1-6H3,(H,26,31)(H,27,30)/t18?,19-,21+,22+/m0/s1. The number of nitrogens with zero attached hydrogens (tertiary/aromatic N) is 1. The van der Waals surface area contributed by atoms with E-state index in [2.05, 4.69) is 10.6 Å². The van der Waals surface area contributed by atoms with Crippen molar-refractivity contribution in [3.63, 3.8) is 0 Å². The van der Waals surface area contributed by atoms with Crippen molar-refractivity contribution >= 4 is 18.2 Å². The van der Waals surface area contributed by atoms with Gasteiger partial charge in [-0.05, 0) is 50.5 Å². The number of rotatable bonds is 14. The summed E-state index contributed by atoms with van der Waals surface area (Å²) in [5.41, 5.74) is 0.611. The van der Waals surface area contributed by atoms with Gasteiger partial charge in [-0.1, -0.05) is 51.1 Å². The Morgan fingerprint density at radius 1 is 1.09 bits per heavy atom. The fourth-order valence-electron chi connectivity index (χ4n) is 3.66. The Bertz CT molecular complexity index is 735. The number of aryl methyl sites for hydroxylation is 1. The lowest BCUT2D eigenvalue weighted by molar-refractivity contribution is -0.166. The van der Waals surface area contributed by atoms with Gasteiger partial charge in [0, 0.05) is 19.8 Å². The molecule has 186 valence electrons. The van der Waals surface area contributed by atoms with Gasteiger partial charge >= 0.3 is 0 Å². The summed E-state index contributed by atoms with van der Waals surface area (Å²) in [6.07, 6.45) is 2.87. The van der Waals surface area contributed by atoms with Gasteiger partial charge in [0.05, 0.1) is 12.0 Å². The number of carbonyl (C=O) groups is 3. The van der Waals surface area contributed by atoms with Gasteiger partial charge < -0.3 is 15.4 Å². The molecule has 0 fully saturated rings. The van der Waals surface area contributed by atoms with Crippen molar-refractivity contribution < 1.29 is 24.3 Å². The van der Waals surface area contributed by atoms with Crippen LogP contribution in [0.15, 0.2) is 30.3 Å². The molecule has 0 radical (unpaired) electrons. The third kappa shape index (κ3) is 9.92. The first-order valence-electron chi connectivity index (χ1n) is 11.6. The molecule has 1 rings (SSSR count). The van der Waals surface area contributed by atoms with E-state index >= 15 is 0 Å². The summed E-state index contributed by atoms with van der Waals surface area (Å²) in [6.45, 7) is 9.69. The Kier molecular flexibility index (Phi) is 12.1. The number of hydrogen-bond donors (Lipinski definition) is 3. The van der Waals surface area contributed by atoms with E-state index in [-0.39, 0.29) is 17.9 Å². The molecule has 0 aliphatic rings. The highest BCUT2D eigenvalue weighted by Gasteiger charge is 2.37. The maximum Gasteiger partial charge on any atom is 0.243 e. The number of benzene rings is 1. The summed E-state index contributed by atoms with van der Waals surface area (Å²) < 4.78 is 5.07. The molecular weight excluding hydrogens is 422 g/mol. The Labute approximate surface area is 198 Å². The fourth-order valence-corrected chi connectivity index (χ4v) is 3.66. The molecule has 3 amide bonds. The molecule has 1 aromatic rings. The van der Waals surface area contributed by atoms with Crippen molar-refractivity contribution in [2.45, 2.75) is 78.4 Å². The fraction of sp³-hybridized carbons (Fsp3) is 0.640. The lowest BCUT2D eigenvalue weighted by Gasteiger charge is -2.34. The van der Waals surface area contributed by atoms with E-state index < -0.39 is 23.4 Å². The maximum atomic E-state index is 13.3. The SMILES string of the molecule is COCCC(C)NC(=O)[C@@H](NC(=O)[C@H](CCCc1ccccc1)[C@H](C)N(O)C=O)C(C)(C)C. The van der Waals surface area contributed by atoms with Crippen LogP contribution in [0, 0.1) is 11.3 Å². The Morgan fingerprint density at radius 3 is 2.27 bits per heavy atom. The number of nitrogens with one attached hydrogen (secondary N) is 2. The van der Waals surface area contributed by atoms with Gasteiger partial charge in [0.15, 0.2) is 0 Å². The van der Waals surface area contributed by atoms with Crippen LogP contribution in [0.4, 0.5) is 0 Å². The molecule has 0 saturated carbocycles. The van der Waals surface area contributed by atoms with Crippen molar-refractivity contribution in [2.24, 2.45) is 11.3 Å². The van der Waals surface area contributed by atoms with E-state index in [0.717, 1.165) is 12.0 Å². The molecule has 0 aliphatic heterocycles. The van der Waals surface area contributed by atoms with E-state index in [0.29, 0.717) is 37.3 Å². The average molecular weight is 464 g/mol. The Morgan fingerprint density at radius 2 is 1.73 bits per heavy atom. The van der Waals surface area contributed by atoms with Crippen molar-refractivity contribution in [1.29, 1.82) is 0 Å². The smallest absolute Gasteiger partial charge is 0.243 e. The zero-order chi connectivity index (χ0) is 25.0. The molecule has 0 aromatic heterocycles. The van der Waals surface area contributed by atoms with E-state index in [9.17, 15) is 19.6 Å². The van der Waals surface area contributed by atoms with Crippen molar-refractivity contribution in [3.05, 3.63) is 35.9 Å². The quantitative estimate of drug-likeness (QED) is 0.223. The van der Waals surface area contributed by atoms with Crippen LogP contribution in [0.2, 0.25) is 0 Å². The minimum Gasteiger partial charge on any atom is -0.385 e. The zero-order valence-corrected chi connectivity index (χ0v) is 20.8. The minimum absolute atomic E-state index is 0.109. The van der Waals surface area contributed by atoms with Crippen LogP contribution in [-0.2, 0) is 25.5 Å².